The fourth-order valence-electron chi connectivity index (χ4n) is 2.89. The Bertz CT molecular complexity index is 1100. The van der Waals surface area contributed by atoms with Crippen LogP contribution in [0.4, 0.5) is 13.2 Å². The van der Waals surface area contributed by atoms with E-state index < -0.39 is 11.7 Å². The van der Waals surface area contributed by atoms with E-state index in [1.807, 2.05) is 13.8 Å². The summed E-state index contributed by atoms with van der Waals surface area (Å²) in [6.07, 6.45) is -4.51. The van der Waals surface area contributed by atoms with Crippen molar-refractivity contribution < 1.29 is 27.4 Å². The van der Waals surface area contributed by atoms with E-state index in [9.17, 15) is 18.0 Å². The molecule has 1 heterocycles. The van der Waals surface area contributed by atoms with E-state index in [-0.39, 0.29) is 29.1 Å². The monoisotopic (exact) mass is 494 g/mol. The molecule has 0 unspecified atom stereocenters. The number of halogens is 3. The molecule has 11 heteroatoms. The van der Waals surface area contributed by atoms with Crippen LogP contribution in [0.2, 0.25) is 0 Å². The van der Waals surface area contributed by atoms with Crippen molar-refractivity contribution in [1.29, 1.82) is 0 Å². The highest BCUT2D eigenvalue weighted by Crippen LogP contribution is 2.32. The molecule has 0 saturated heterocycles. The third kappa shape index (κ3) is 6.89. The number of amides is 1. The van der Waals surface area contributed by atoms with Crippen LogP contribution < -0.4 is 14.8 Å². The number of rotatable bonds is 10. The van der Waals surface area contributed by atoms with Gasteiger partial charge in [0.25, 0.3) is 0 Å². The fourth-order valence-corrected chi connectivity index (χ4v) is 3.69. The molecule has 0 radical (unpaired) electrons. The number of nitrogens with zero attached hydrogens (tertiary/aromatic N) is 3. The van der Waals surface area contributed by atoms with E-state index in [2.05, 4.69) is 15.5 Å². The lowest BCUT2D eigenvalue weighted by Crippen LogP contribution is -2.28. The number of hydrogen-bond donors (Lipinski definition) is 1. The van der Waals surface area contributed by atoms with Crippen molar-refractivity contribution in [3.05, 3.63) is 59.9 Å². The second-order valence-electron chi connectivity index (χ2n) is 7.73. The number of carbonyl (C=O) groups excluding carboxylic acids is 1. The van der Waals surface area contributed by atoms with Crippen LogP contribution in [0, 0.1) is 5.92 Å². The van der Waals surface area contributed by atoms with Gasteiger partial charge in [0.05, 0.1) is 24.1 Å². The summed E-state index contributed by atoms with van der Waals surface area (Å²) in [4.78, 5) is 12.2. The van der Waals surface area contributed by atoms with Gasteiger partial charge < -0.3 is 14.8 Å². The average Bonchev–Trinajstić information content (AvgIpc) is 3.22. The standard InChI is InChI=1S/C23H25F3N4O3S/c1-15(2)12-27-21(31)14-34-22-29-28-20(13-33-19-9-7-18(32-3)8-10-19)30(22)17-6-4-5-16(11-17)23(24,25)26/h4-11,15H,12-14H2,1-3H3,(H,27,31). The van der Waals surface area contributed by atoms with Crippen molar-refractivity contribution in [2.75, 3.05) is 19.4 Å². The van der Waals surface area contributed by atoms with Crippen LogP contribution in [0.15, 0.2) is 53.7 Å². The van der Waals surface area contributed by atoms with Crippen LogP contribution in [-0.4, -0.2) is 40.1 Å². The summed E-state index contributed by atoms with van der Waals surface area (Å²) in [5.74, 6) is 1.62. The van der Waals surface area contributed by atoms with E-state index in [0.717, 1.165) is 23.9 Å². The summed E-state index contributed by atoms with van der Waals surface area (Å²) < 4.78 is 52.3. The van der Waals surface area contributed by atoms with Crippen molar-refractivity contribution in [1.82, 2.24) is 20.1 Å². The zero-order valence-corrected chi connectivity index (χ0v) is 19.7. The molecule has 3 aromatic rings. The fraction of sp³-hybridized carbons (Fsp3) is 0.348. The summed E-state index contributed by atoms with van der Waals surface area (Å²) in [5.41, 5.74) is -0.579. The lowest BCUT2D eigenvalue weighted by atomic mass is 10.2. The van der Waals surface area contributed by atoms with Gasteiger partial charge in [-0.05, 0) is 48.4 Å². The number of nitrogens with one attached hydrogen (secondary N) is 1. The quantitative estimate of drug-likeness (QED) is 0.411. The first-order valence-electron chi connectivity index (χ1n) is 10.5. The number of methoxy groups -OCH3 is 1. The minimum Gasteiger partial charge on any atom is -0.497 e. The maximum atomic E-state index is 13.3. The normalized spacial score (nSPS) is 11.5. The zero-order chi connectivity index (χ0) is 24.7. The van der Waals surface area contributed by atoms with E-state index >= 15 is 0 Å². The molecule has 0 bridgehead atoms. The molecule has 0 aliphatic rings. The van der Waals surface area contributed by atoms with Crippen LogP contribution in [0.1, 0.15) is 25.2 Å². The second-order valence-corrected chi connectivity index (χ2v) is 8.68. The van der Waals surface area contributed by atoms with Crippen LogP contribution in [-0.2, 0) is 17.6 Å². The number of carbonyl (C=O) groups is 1. The largest absolute Gasteiger partial charge is 0.497 e. The van der Waals surface area contributed by atoms with Gasteiger partial charge in [0.15, 0.2) is 11.0 Å². The highest BCUT2D eigenvalue weighted by Gasteiger charge is 2.31. The molecule has 0 atom stereocenters. The maximum Gasteiger partial charge on any atom is 0.416 e. The van der Waals surface area contributed by atoms with Gasteiger partial charge in [-0.2, -0.15) is 13.2 Å². The number of benzene rings is 2. The average molecular weight is 495 g/mol. The molecular weight excluding hydrogens is 469 g/mol. The van der Waals surface area contributed by atoms with Gasteiger partial charge in [-0.15, -0.1) is 10.2 Å². The number of ether oxygens (including phenoxy) is 2. The van der Waals surface area contributed by atoms with E-state index in [1.54, 1.807) is 31.4 Å². The van der Waals surface area contributed by atoms with Crippen LogP contribution >= 0.6 is 11.8 Å². The third-order valence-corrected chi connectivity index (χ3v) is 5.53. The molecule has 0 spiro atoms. The van der Waals surface area contributed by atoms with E-state index in [0.29, 0.717) is 29.8 Å². The lowest BCUT2D eigenvalue weighted by molar-refractivity contribution is -0.137. The SMILES string of the molecule is COc1ccc(OCc2nnc(SCC(=O)NCC(C)C)n2-c2cccc(C(F)(F)F)c2)cc1. The van der Waals surface area contributed by atoms with Crippen molar-refractivity contribution in [3.63, 3.8) is 0 Å². The van der Waals surface area contributed by atoms with E-state index in [1.165, 1.54) is 16.7 Å². The first-order valence-corrected chi connectivity index (χ1v) is 11.4. The molecule has 0 aliphatic heterocycles. The Labute approximate surface area is 199 Å². The lowest BCUT2D eigenvalue weighted by Gasteiger charge is -2.14. The smallest absolute Gasteiger partial charge is 0.416 e. The van der Waals surface area contributed by atoms with Gasteiger partial charge in [-0.3, -0.25) is 9.36 Å². The first-order chi connectivity index (χ1) is 16.2. The summed E-state index contributed by atoms with van der Waals surface area (Å²) in [7, 11) is 1.55. The molecule has 34 heavy (non-hydrogen) atoms. The molecule has 182 valence electrons. The van der Waals surface area contributed by atoms with Gasteiger partial charge in [0.2, 0.25) is 5.91 Å². The minimum absolute atomic E-state index is 0.0448. The molecule has 0 saturated carbocycles. The van der Waals surface area contributed by atoms with Gasteiger partial charge in [-0.25, -0.2) is 0 Å². The Morgan fingerprint density at radius 1 is 1.12 bits per heavy atom. The van der Waals surface area contributed by atoms with Crippen molar-refractivity contribution >= 4 is 17.7 Å². The summed E-state index contributed by atoms with van der Waals surface area (Å²) in [6.45, 7) is 4.44. The molecule has 0 aliphatic carbocycles. The molecule has 3 rings (SSSR count). The Morgan fingerprint density at radius 2 is 1.82 bits per heavy atom. The van der Waals surface area contributed by atoms with Crippen LogP contribution in [0.5, 0.6) is 11.5 Å². The summed E-state index contributed by atoms with van der Waals surface area (Å²) >= 11 is 1.09. The molecule has 2 aromatic carbocycles. The van der Waals surface area contributed by atoms with Gasteiger partial charge in [0.1, 0.15) is 18.1 Å². The minimum atomic E-state index is -4.51. The predicted octanol–water partition coefficient (Wildman–Crippen LogP) is 4.74. The summed E-state index contributed by atoms with van der Waals surface area (Å²) in [6, 6.07) is 11.7. The third-order valence-electron chi connectivity index (χ3n) is 4.60. The van der Waals surface area contributed by atoms with Crippen molar-refractivity contribution in [2.45, 2.75) is 31.8 Å². The Hall–Kier alpha value is -3.21. The molecule has 0 fully saturated rings. The number of alkyl halides is 3. The van der Waals surface area contributed by atoms with Crippen LogP contribution in [0.3, 0.4) is 0 Å². The van der Waals surface area contributed by atoms with Gasteiger partial charge >= 0.3 is 6.18 Å². The zero-order valence-electron chi connectivity index (χ0n) is 18.9. The highest BCUT2D eigenvalue weighted by molar-refractivity contribution is 7.99. The second kappa shape index (κ2) is 11.3. The highest BCUT2D eigenvalue weighted by atomic mass is 32.2. The molecule has 7 nitrogen and oxygen atoms in total. The Balaban J connectivity index is 1.85. The van der Waals surface area contributed by atoms with E-state index in [4.69, 9.17) is 9.47 Å². The summed E-state index contributed by atoms with van der Waals surface area (Å²) in [5, 5.41) is 11.3. The molecular formula is C23H25F3N4O3S. The molecule has 1 N–H and O–H groups in total. The predicted molar refractivity (Wildman–Crippen MR) is 122 cm³/mol. The van der Waals surface area contributed by atoms with Crippen LogP contribution in [0.25, 0.3) is 5.69 Å². The first kappa shape index (κ1) is 25.4. The van der Waals surface area contributed by atoms with Gasteiger partial charge in [0, 0.05) is 6.54 Å². The van der Waals surface area contributed by atoms with Gasteiger partial charge in [-0.1, -0.05) is 31.7 Å². The topological polar surface area (TPSA) is 78.3 Å². The number of thioether (sulfide) groups is 1. The van der Waals surface area contributed by atoms with Crippen molar-refractivity contribution in [2.24, 2.45) is 5.92 Å². The number of aromatic nitrogens is 3. The Kier molecular flexibility index (Phi) is 8.43. The molecule has 1 aromatic heterocycles. The molecule has 1 amide bonds. The van der Waals surface area contributed by atoms with Crippen molar-refractivity contribution in [3.8, 4) is 17.2 Å². The maximum absolute atomic E-state index is 13.3. The number of hydrogen-bond acceptors (Lipinski definition) is 6. The Morgan fingerprint density at radius 3 is 2.47 bits per heavy atom.